The van der Waals surface area contributed by atoms with Gasteiger partial charge in [-0.05, 0) is 226 Å². The van der Waals surface area contributed by atoms with Crippen LogP contribution in [0.1, 0.15) is 22.3 Å². The quantitative estimate of drug-likeness (QED) is 0.115. The molecule has 0 saturated carbocycles. The molecular formula is C80H52. The summed E-state index contributed by atoms with van der Waals surface area (Å²) in [5.41, 5.74) is 31.1. The van der Waals surface area contributed by atoms with E-state index in [2.05, 4.69) is 270 Å². The van der Waals surface area contributed by atoms with Gasteiger partial charge < -0.3 is 0 Å². The van der Waals surface area contributed by atoms with E-state index >= 15 is 0 Å². The number of benzene rings is 15. The van der Waals surface area contributed by atoms with Crippen LogP contribution in [0.25, 0.3) is 176 Å². The van der Waals surface area contributed by atoms with Crippen molar-refractivity contribution in [2.24, 2.45) is 0 Å². The van der Waals surface area contributed by atoms with Crippen molar-refractivity contribution in [3.8, 4) is 111 Å². The minimum Gasteiger partial charge on any atom is -0.0622 e. The fraction of sp³-hybridized carbons (Fsp3) is 0.0500. The first kappa shape index (κ1) is 45.2. The van der Waals surface area contributed by atoms with Gasteiger partial charge in [-0.25, -0.2) is 0 Å². The van der Waals surface area contributed by atoms with Crippen LogP contribution in [-0.2, 0) is 0 Å². The minimum atomic E-state index is 1.22. The highest BCUT2D eigenvalue weighted by Crippen LogP contribution is 2.64. The van der Waals surface area contributed by atoms with E-state index in [9.17, 15) is 0 Å². The predicted molar refractivity (Wildman–Crippen MR) is 343 cm³/mol. The summed E-state index contributed by atoms with van der Waals surface area (Å²) in [6.45, 7) is 9.18. The standard InChI is InChI=1S/C80H52/c1-45-21-19-22-46(2)67(45)75-57-35-17-15-33-55(57)71(53-31-13-11-29-51(53)49-25-7-5-8-26-49)77-63-41-37-59-60-38-42-64-74-66(44-40-62(70(60)74)61-39-43-65(79(75)77)73(63)69(59)61)80-76(68-47(3)23-20-24-48(68)4)58-36-18-16-34-56(58)72(78(64)80)54-32-14-12-30-52(54)50-27-9-6-10-28-50/h5-44H,1-4H3. The van der Waals surface area contributed by atoms with Crippen molar-refractivity contribution in [3.05, 3.63) is 265 Å². The van der Waals surface area contributed by atoms with Gasteiger partial charge in [-0.3, -0.25) is 0 Å². The Kier molecular flexibility index (Phi) is 9.49. The molecule has 0 heteroatoms. The second-order valence-electron chi connectivity index (χ2n) is 22.6. The average Bonchev–Trinajstić information content (AvgIpc) is 4.06. The zero-order valence-electron chi connectivity index (χ0n) is 45.1. The summed E-state index contributed by atoms with van der Waals surface area (Å²) < 4.78 is 0. The van der Waals surface area contributed by atoms with Gasteiger partial charge in [-0.15, -0.1) is 0 Å². The fourth-order valence-electron chi connectivity index (χ4n) is 15.3. The molecule has 0 atom stereocenters. The topological polar surface area (TPSA) is 0 Å². The van der Waals surface area contributed by atoms with E-state index in [1.165, 1.54) is 198 Å². The molecule has 0 unspecified atom stereocenters. The predicted octanol–water partition coefficient (Wildman–Crippen LogP) is 22.6. The van der Waals surface area contributed by atoms with Crippen LogP contribution in [0.2, 0.25) is 0 Å². The Morgan fingerprint density at radius 2 is 0.425 bits per heavy atom. The van der Waals surface area contributed by atoms with E-state index in [-0.39, 0.29) is 0 Å². The van der Waals surface area contributed by atoms with E-state index in [4.69, 9.17) is 0 Å². The lowest BCUT2D eigenvalue weighted by atomic mass is 9.79. The molecule has 372 valence electrons. The van der Waals surface area contributed by atoms with Crippen molar-refractivity contribution < 1.29 is 0 Å². The molecule has 0 aliphatic heterocycles. The van der Waals surface area contributed by atoms with Crippen molar-refractivity contribution in [1.29, 1.82) is 0 Å². The van der Waals surface area contributed by atoms with Crippen LogP contribution < -0.4 is 0 Å². The maximum absolute atomic E-state index is 2.49. The molecule has 0 fully saturated rings. The summed E-state index contributed by atoms with van der Waals surface area (Å²) in [6, 6.07) is 92.0. The van der Waals surface area contributed by atoms with Gasteiger partial charge >= 0.3 is 0 Å². The first-order valence-electron chi connectivity index (χ1n) is 28.3. The number of rotatable bonds is 6. The Balaban J connectivity index is 1.01. The Labute approximate surface area is 465 Å². The van der Waals surface area contributed by atoms with E-state index < -0.39 is 0 Å². The molecule has 0 saturated heterocycles. The molecule has 0 amide bonds. The Hall–Kier alpha value is -9.88. The first-order valence-corrected chi connectivity index (χ1v) is 28.3. The van der Waals surface area contributed by atoms with Gasteiger partial charge in [0.2, 0.25) is 0 Å². The Morgan fingerprint density at radius 1 is 0.150 bits per heavy atom. The molecule has 0 radical (unpaired) electrons. The monoisotopic (exact) mass is 1010 g/mol. The summed E-state index contributed by atoms with van der Waals surface area (Å²) in [5.74, 6) is 0. The third-order valence-electron chi connectivity index (χ3n) is 18.4. The number of hydrogen-bond donors (Lipinski definition) is 0. The van der Waals surface area contributed by atoms with Crippen LogP contribution >= 0.6 is 0 Å². The maximum Gasteiger partial charge on any atom is -0.000718 e. The minimum absolute atomic E-state index is 1.22. The maximum atomic E-state index is 2.49. The third-order valence-corrected chi connectivity index (χ3v) is 18.4. The molecule has 0 nitrogen and oxygen atoms in total. The zero-order valence-corrected chi connectivity index (χ0v) is 45.1. The molecule has 15 aromatic carbocycles. The Bertz CT molecular complexity index is 4800. The van der Waals surface area contributed by atoms with Gasteiger partial charge in [0, 0.05) is 0 Å². The highest BCUT2D eigenvalue weighted by atomic mass is 14.4. The summed E-state index contributed by atoms with van der Waals surface area (Å²) in [5, 5.41) is 15.7. The molecule has 0 aromatic heterocycles. The third kappa shape index (κ3) is 6.00. The largest absolute Gasteiger partial charge is 0.0622 e. The van der Waals surface area contributed by atoms with Crippen LogP contribution in [0, 0.1) is 27.7 Å². The van der Waals surface area contributed by atoms with Crippen molar-refractivity contribution >= 4 is 64.6 Å². The number of aryl methyl sites for hydroxylation is 4. The summed E-state index contributed by atoms with van der Waals surface area (Å²) in [4.78, 5) is 0. The molecule has 0 heterocycles. The van der Waals surface area contributed by atoms with Crippen molar-refractivity contribution in [3.63, 3.8) is 0 Å². The van der Waals surface area contributed by atoms with E-state index in [1.54, 1.807) is 0 Å². The highest BCUT2D eigenvalue weighted by Gasteiger charge is 2.36. The van der Waals surface area contributed by atoms with Crippen LogP contribution in [0.4, 0.5) is 0 Å². The molecular weight excluding hydrogens is 961 g/mol. The average molecular weight is 1010 g/mol. The molecule has 80 heavy (non-hydrogen) atoms. The summed E-state index contributed by atoms with van der Waals surface area (Å²) in [7, 11) is 0. The molecule has 2 aliphatic rings. The van der Waals surface area contributed by atoms with Crippen molar-refractivity contribution in [2.45, 2.75) is 27.7 Å². The number of hydrogen-bond acceptors (Lipinski definition) is 0. The smallest absolute Gasteiger partial charge is 0.000718 e. The normalized spacial score (nSPS) is 12.2. The van der Waals surface area contributed by atoms with Gasteiger partial charge in [0.1, 0.15) is 0 Å². The second kappa shape index (κ2) is 16.8. The molecule has 0 spiro atoms. The zero-order chi connectivity index (χ0) is 53.1. The summed E-state index contributed by atoms with van der Waals surface area (Å²) in [6.07, 6.45) is 0. The van der Waals surface area contributed by atoms with Gasteiger partial charge in [0.25, 0.3) is 0 Å². The van der Waals surface area contributed by atoms with Crippen LogP contribution in [0.3, 0.4) is 0 Å². The second-order valence-corrected chi connectivity index (χ2v) is 22.6. The lowest BCUT2D eigenvalue weighted by molar-refractivity contribution is 1.39. The van der Waals surface area contributed by atoms with Gasteiger partial charge in [0.05, 0.1) is 0 Å². The van der Waals surface area contributed by atoms with Crippen LogP contribution in [0.5, 0.6) is 0 Å². The lowest BCUT2D eigenvalue weighted by Crippen LogP contribution is -1.97. The fourth-order valence-corrected chi connectivity index (χ4v) is 15.3. The Morgan fingerprint density at radius 3 is 0.762 bits per heavy atom. The summed E-state index contributed by atoms with van der Waals surface area (Å²) >= 11 is 0. The molecule has 2 aliphatic carbocycles. The van der Waals surface area contributed by atoms with Crippen LogP contribution in [-0.4, -0.2) is 0 Å². The lowest BCUT2D eigenvalue weighted by Gasteiger charge is -2.23. The van der Waals surface area contributed by atoms with Gasteiger partial charge in [-0.2, -0.15) is 0 Å². The molecule has 17 rings (SSSR count). The first-order chi connectivity index (χ1) is 39.4. The SMILES string of the molecule is Cc1cccc(C)c1-c1c2c(c(-c3ccccc3-c3ccccc3)c3ccccc13)-c1ccc3c4ccc5c6c(ccc(c7ccc-2c1c37)c64)-c1c-5c(-c2ccccc2-c2ccccc2)c2ccccc2c1-c1c(C)cccc1C. The number of fused-ring (bicyclic) bond motifs is 10. The molecule has 0 N–H and O–H groups in total. The highest BCUT2D eigenvalue weighted by molar-refractivity contribution is 6.42. The van der Waals surface area contributed by atoms with Gasteiger partial charge in [0.15, 0.2) is 0 Å². The molecule has 0 bridgehead atoms. The van der Waals surface area contributed by atoms with E-state index in [0.29, 0.717) is 0 Å². The van der Waals surface area contributed by atoms with Crippen LogP contribution in [0.15, 0.2) is 243 Å². The van der Waals surface area contributed by atoms with Gasteiger partial charge in [-0.1, -0.05) is 243 Å². The molecule has 15 aromatic rings. The van der Waals surface area contributed by atoms with E-state index in [1.807, 2.05) is 0 Å². The van der Waals surface area contributed by atoms with Crippen molar-refractivity contribution in [2.75, 3.05) is 0 Å². The van der Waals surface area contributed by atoms with E-state index in [0.717, 1.165) is 0 Å². The van der Waals surface area contributed by atoms with Crippen molar-refractivity contribution in [1.82, 2.24) is 0 Å².